The smallest absolute Gasteiger partial charge is 0.192 e. The van der Waals surface area contributed by atoms with Crippen molar-refractivity contribution >= 4 is 34.7 Å². The Morgan fingerprint density at radius 1 is 1.28 bits per heavy atom. The summed E-state index contributed by atoms with van der Waals surface area (Å²) in [5.41, 5.74) is 3.27. The van der Waals surface area contributed by atoms with Gasteiger partial charge in [0.2, 0.25) is 0 Å². The van der Waals surface area contributed by atoms with Crippen LogP contribution in [0.5, 0.6) is 0 Å². The minimum atomic E-state index is -0.324. The zero-order valence-corrected chi connectivity index (χ0v) is 16.9. The number of aromatic nitrogens is 3. The number of rotatable bonds is 5. The maximum Gasteiger partial charge on any atom is 0.192 e. The first-order valence-electron chi connectivity index (χ1n) is 7.95. The molecule has 0 N–H and O–H groups in total. The number of hydrogen-bond donors (Lipinski definition) is 0. The third-order valence-corrected chi connectivity index (χ3v) is 6.44. The summed E-state index contributed by atoms with van der Waals surface area (Å²) in [6.45, 7) is 8.48. The van der Waals surface area contributed by atoms with E-state index in [1.54, 1.807) is 29.2 Å². The molecule has 3 aromatic rings. The minimum Gasteiger partial charge on any atom is -0.299 e. The lowest BCUT2D eigenvalue weighted by Crippen LogP contribution is -2.05. The van der Waals surface area contributed by atoms with Crippen LogP contribution in [0.25, 0.3) is 11.4 Å². The molecular formula is C18H19ClFN3S2. The molecule has 0 spiro atoms. The van der Waals surface area contributed by atoms with Crippen molar-refractivity contribution in [2.75, 3.05) is 0 Å². The van der Waals surface area contributed by atoms with Gasteiger partial charge in [0, 0.05) is 32.6 Å². The molecule has 0 amide bonds. The highest BCUT2D eigenvalue weighted by molar-refractivity contribution is 7.98. The summed E-state index contributed by atoms with van der Waals surface area (Å²) in [6, 6.07) is 4.72. The molecular weight excluding hydrogens is 377 g/mol. The topological polar surface area (TPSA) is 30.7 Å². The van der Waals surface area contributed by atoms with Gasteiger partial charge in [0.05, 0.1) is 0 Å². The molecule has 0 radical (unpaired) electrons. The van der Waals surface area contributed by atoms with Crippen LogP contribution in [0, 0.1) is 19.7 Å². The van der Waals surface area contributed by atoms with Gasteiger partial charge in [0.15, 0.2) is 11.0 Å². The van der Waals surface area contributed by atoms with Crippen molar-refractivity contribution in [3.63, 3.8) is 0 Å². The molecule has 0 aliphatic carbocycles. The Balaban J connectivity index is 1.91. The van der Waals surface area contributed by atoms with Crippen LogP contribution >= 0.6 is 34.7 Å². The van der Waals surface area contributed by atoms with Gasteiger partial charge in [-0.2, -0.15) is 0 Å². The van der Waals surface area contributed by atoms with Crippen molar-refractivity contribution in [1.29, 1.82) is 0 Å². The molecule has 25 heavy (non-hydrogen) atoms. The summed E-state index contributed by atoms with van der Waals surface area (Å²) in [5.74, 6) is 1.19. The van der Waals surface area contributed by atoms with Gasteiger partial charge in [0.1, 0.15) is 5.82 Å². The summed E-state index contributed by atoms with van der Waals surface area (Å²) < 4.78 is 15.3. The van der Waals surface area contributed by atoms with Crippen molar-refractivity contribution in [3.8, 4) is 11.4 Å². The predicted molar refractivity (Wildman–Crippen MR) is 104 cm³/mol. The first-order valence-corrected chi connectivity index (χ1v) is 10.2. The predicted octanol–water partition coefficient (Wildman–Crippen LogP) is 6.29. The van der Waals surface area contributed by atoms with Gasteiger partial charge in [-0.25, -0.2) is 4.39 Å². The summed E-state index contributed by atoms with van der Waals surface area (Å²) in [6.07, 6.45) is 0. The molecule has 0 saturated carbocycles. The Labute approximate surface area is 160 Å². The van der Waals surface area contributed by atoms with Crippen LogP contribution < -0.4 is 0 Å². The van der Waals surface area contributed by atoms with E-state index in [9.17, 15) is 4.39 Å². The number of halogens is 2. The average molecular weight is 396 g/mol. The molecule has 3 rings (SSSR count). The maximum atomic E-state index is 13.2. The van der Waals surface area contributed by atoms with Crippen LogP contribution in [-0.4, -0.2) is 14.8 Å². The summed E-state index contributed by atoms with van der Waals surface area (Å²) in [4.78, 5) is 1.29. The van der Waals surface area contributed by atoms with E-state index in [2.05, 4.69) is 47.8 Å². The first-order chi connectivity index (χ1) is 11.9. The fraction of sp³-hybridized carbons (Fsp3) is 0.333. The third-order valence-electron chi connectivity index (χ3n) is 4.08. The fourth-order valence-electron chi connectivity index (χ4n) is 2.54. The van der Waals surface area contributed by atoms with E-state index in [4.69, 9.17) is 11.6 Å². The highest BCUT2D eigenvalue weighted by Gasteiger charge is 2.20. The Kier molecular flexibility index (Phi) is 5.51. The van der Waals surface area contributed by atoms with E-state index >= 15 is 0 Å². The standard InChI is InChI=1S/C18H19ClFN3S2/c1-10(2)23-17(15-9-24-12(4)11(15)3)21-22-18(23)25-8-13-5-6-14(20)7-16(13)19/h5-7,9-10H,8H2,1-4H3. The largest absolute Gasteiger partial charge is 0.299 e. The zero-order chi connectivity index (χ0) is 18.1. The van der Waals surface area contributed by atoms with Crippen LogP contribution in [0.1, 0.15) is 35.9 Å². The molecule has 0 aliphatic heterocycles. The lowest BCUT2D eigenvalue weighted by atomic mass is 10.1. The minimum absolute atomic E-state index is 0.232. The van der Waals surface area contributed by atoms with E-state index in [1.165, 1.54) is 22.6 Å². The van der Waals surface area contributed by atoms with Crippen molar-refractivity contribution in [2.45, 2.75) is 44.6 Å². The SMILES string of the molecule is Cc1scc(-c2nnc(SCc3ccc(F)cc3Cl)n2C(C)C)c1C. The van der Waals surface area contributed by atoms with Gasteiger partial charge in [-0.15, -0.1) is 21.5 Å². The number of thiophene rings is 1. The molecule has 0 aliphatic rings. The number of benzene rings is 1. The fourth-order valence-corrected chi connectivity index (χ4v) is 4.79. The van der Waals surface area contributed by atoms with Crippen molar-refractivity contribution in [1.82, 2.24) is 14.8 Å². The Morgan fingerprint density at radius 2 is 2.04 bits per heavy atom. The Morgan fingerprint density at radius 3 is 2.64 bits per heavy atom. The Bertz CT molecular complexity index is 902. The molecule has 132 valence electrons. The normalized spacial score (nSPS) is 11.5. The summed E-state index contributed by atoms with van der Waals surface area (Å²) in [5, 5.41) is 12.2. The molecule has 2 heterocycles. The molecule has 0 saturated heterocycles. The second kappa shape index (κ2) is 7.48. The number of thioether (sulfide) groups is 1. The van der Waals surface area contributed by atoms with E-state index in [1.807, 2.05) is 0 Å². The zero-order valence-electron chi connectivity index (χ0n) is 14.5. The lowest BCUT2D eigenvalue weighted by molar-refractivity contribution is 0.555. The second-order valence-electron chi connectivity index (χ2n) is 6.12. The molecule has 0 unspecified atom stereocenters. The van der Waals surface area contributed by atoms with E-state index < -0.39 is 0 Å². The highest BCUT2D eigenvalue weighted by atomic mass is 35.5. The number of nitrogens with zero attached hydrogens (tertiary/aromatic N) is 3. The van der Waals surface area contributed by atoms with Crippen LogP contribution in [0.2, 0.25) is 5.02 Å². The number of aryl methyl sites for hydroxylation is 1. The van der Waals surface area contributed by atoms with Crippen molar-refractivity contribution < 1.29 is 4.39 Å². The molecule has 1 aromatic carbocycles. The second-order valence-corrected chi connectivity index (χ2v) is 8.56. The van der Waals surface area contributed by atoms with Gasteiger partial charge in [-0.1, -0.05) is 29.4 Å². The van der Waals surface area contributed by atoms with Crippen LogP contribution in [0.4, 0.5) is 4.39 Å². The molecule has 0 bridgehead atoms. The van der Waals surface area contributed by atoms with Gasteiger partial charge >= 0.3 is 0 Å². The van der Waals surface area contributed by atoms with E-state index in [0.717, 1.165) is 22.1 Å². The third kappa shape index (κ3) is 3.76. The van der Waals surface area contributed by atoms with Gasteiger partial charge in [-0.05, 0) is 51.0 Å². The van der Waals surface area contributed by atoms with E-state index in [-0.39, 0.29) is 11.9 Å². The van der Waals surface area contributed by atoms with Gasteiger partial charge in [0.25, 0.3) is 0 Å². The van der Waals surface area contributed by atoms with Gasteiger partial charge < -0.3 is 0 Å². The summed E-state index contributed by atoms with van der Waals surface area (Å²) in [7, 11) is 0. The molecule has 3 nitrogen and oxygen atoms in total. The Hall–Kier alpha value is -1.37. The van der Waals surface area contributed by atoms with Crippen LogP contribution in [0.15, 0.2) is 28.7 Å². The molecule has 0 fully saturated rings. The summed E-state index contributed by atoms with van der Waals surface area (Å²) >= 11 is 9.42. The van der Waals surface area contributed by atoms with Crippen LogP contribution in [0.3, 0.4) is 0 Å². The molecule has 0 atom stereocenters. The quantitative estimate of drug-likeness (QED) is 0.475. The van der Waals surface area contributed by atoms with Crippen molar-refractivity contribution in [2.24, 2.45) is 0 Å². The highest BCUT2D eigenvalue weighted by Crippen LogP contribution is 2.34. The molecule has 2 aromatic heterocycles. The van der Waals surface area contributed by atoms with Crippen LogP contribution in [-0.2, 0) is 5.75 Å². The average Bonchev–Trinajstić information content (AvgIpc) is 3.11. The van der Waals surface area contributed by atoms with Crippen molar-refractivity contribution in [3.05, 3.63) is 50.4 Å². The molecule has 7 heteroatoms. The maximum absolute atomic E-state index is 13.2. The monoisotopic (exact) mass is 395 g/mol. The van der Waals surface area contributed by atoms with Gasteiger partial charge in [-0.3, -0.25) is 4.57 Å². The first kappa shape index (κ1) is 18.4. The van der Waals surface area contributed by atoms with E-state index in [0.29, 0.717) is 10.8 Å². The number of hydrogen-bond acceptors (Lipinski definition) is 4. The lowest BCUT2D eigenvalue weighted by Gasteiger charge is -2.14.